The summed E-state index contributed by atoms with van der Waals surface area (Å²) in [6.07, 6.45) is 0.126. The van der Waals surface area contributed by atoms with Gasteiger partial charge in [0.2, 0.25) is 0 Å². The highest BCUT2D eigenvalue weighted by molar-refractivity contribution is 5.91. The molecule has 0 bridgehead atoms. The summed E-state index contributed by atoms with van der Waals surface area (Å²) in [5.74, 6) is -2.08. The lowest BCUT2D eigenvalue weighted by Gasteiger charge is -2.43. The Morgan fingerprint density at radius 1 is 1.20 bits per heavy atom. The van der Waals surface area contributed by atoms with Crippen molar-refractivity contribution in [1.82, 2.24) is 5.32 Å². The number of benzene rings is 2. The Labute approximate surface area is 146 Å². The molecular formula is C20H21NO4. The Balaban J connectivity index is 2.22. The molecule has 0 saturated heterocycles. The average Bonchev–Trinajstić information content (AvgIpc) is 2.60. The number of allylic oxidation sites excluding steroid dienone is 1. The van der Waals surface area contributed by atoms with Crippen molar-refractivity contribution in [3.8, 4) is 0 Å². The second kappa shape index (κ2) is 6.24. The fourth-order valence-corrected chi connectivity index (χ4v) is 3.76. The zero-order chi connectivity index (χ0) is 18.2. The molecule has 0 aromatic heterocycles. The van der Waals surface area contributed by atoms with Crippen LogP contribution < -0.4 is 5.32 Å². The third-order valence-corrected chi connectivity index (χ3v) is 5.10. The highest BCUT2D eigenvalue weighted by atomic mass is 16.5. The topological polar surface area (TPSA) is 75.6 Å². The Kier molecular flexibility index (Phi) is 4.25. The molecule has 1 heterocycles. The molecule has 5 heteroatoms. The van der Waals surface area contributed by atoms with Crippen LogP contribution in [0.4, 0.5) is 0 Å². The van der Waals surface area contributed by atoms with Crippen molar-refractivity contribution < 1.29 is 19.4 Å². The molecule has 5 nitrogen and oxygen atoms in total. The number of carbonyl (C=O) groups excluding carboxylic acids is 1. The van der Waals surface area contributed by atoms with Crippen molar-refractivity contribution in [2.45, 2.75) is 25.8 Å². The van der Waals surface area contributed by atoms with Gasteiger partial charge in [0.1, 0.15) is 0 Å². The van der Waals surface area contributed by atoms with E-state index in [1.165, 1.54) is 7.11 Å². The Morgan fingerprint density at radius 2 is 1.88 bits per heavy atom. The number of carbonyl (C=O) groups is 2. The van der Waals surface area contributed by atoms with Crippen LogP contribution in [0, 0.1) is 5.92 Å². The fourth-order valence-electron chi connectivity index (χ4n) is 3.76. The van der Waals surface area contributed by atoms with E-state index in [4.69, 9.17) is 4.74 Å². The third kappa shape index (κ3) is 2.76. The molecule has 0 aliphatic carbocycles. The van der Waals surface area contributed by atoms with Crippen LogP contribution in [0.2, 0.25) is 0 Å². The molecule has 1 aliphatic heterocycles. The normalized spacial score (nSPS) is 23.2. The maximum Gasteiger partial charge on any atom is 0.333 e. The lowest BCUT2D eigenvalue weighted by Crippen LogP contribution is -2.52. The zero-order valence-corrected chi connectivity index (χ0v) is 14.5. The molecule has 0 amide bonds. The number of nitrogens with one attached hydrogen (secondary N) is 1. The second-order valence-corrected chi connectivity index (χ2v) is 6.54. The summed E-state index contributed by atoms with van der Waals surface area (Å²) in [7, 11) is 1.33. The maximum atomic E-state index is 12.5. The first-order chi connectivity index (χ1) is 11.9. The third-order valence-electron chi connectivity index (χ3n) is 5.10. The number of carboxylic acids is 1. The van der Waals surface area contributed by atoms with Gasteiger partial charge in [0, 0.05) is 5.70 Å². The predicted molar refractivity (Wildman–Crippen MR) is 94.9 cm³/mol. The van der Waals surface area contributed by atoms with Crippen LogP contribution in [-0.4, -0.2) is 24.2 Å². The van der Waals surface area contributed by atoms with Gasteiger partial charge in [-0.2, -0.15) is 0 Å². The second-order valence-electron chi connectivity index (χ2n) is 6.54. The van der Waals surface area contributed by atoms with E-state index >= 15 is 0 Å². The Hall–Kier alpha value is -2.82. The van der Waals surface area contributed by atoms with Crippen LogP contribution in [-0.2, 0) is 19.9 Å². The number of carboxylic acid groups (broad SMARTS) is 1. The van der Waals surface area contributed by atoms with Crippen molar-refractivity contribution in [3.05, 3.63) is 59.3 Å². The molecule has 3 rings (SSSR count). The number of rotatable bonds is 3. The molecular weight excluding hydrogens is 318 g/mol. The van der Waals surface area contributed by atoms with Crippen LogP contribution in [0.5, 0.6) is 0 Å². The molecule has 0 spiro atoms. The van der Waals surface area contributed by atoms with Gasteiger partial charge >= 0.3 is 11.9 Å². The Morgan fingerprint density at radius 3 is 2.56 bits per heavy atom. The lowest BCUT2D eigenvalue weighted by molar-refractivity contribution is -0.149. The molecule has 2 aromatic rings. The van der Waals surface area contributed by atoms with Crippen molar-refractivity contribution in [2.75, 3.05) is 7.11 Å². The van der Waals surface area contributed by atoms with E-state index in [2.05, 4.69) is 5.32 Å². The van der Waals surface area contributed by atoms with E-state index in [1.807, 2.05) is 49.4 Å². The Bertz CT molecular complexity index is 881. The average molecular weight is 339 g/mol. The predicted octanol–water partition coefficient (Wildman–Crippen LogP) is 3.20. The SMILES string of the molecule is COC(=O)C1CC(C(=O)O)=C(C)NC1(C)c1cccc2ccccc12. The van der Waals surface area contributed by atoms with Crippen LogP contribution in [0.15, 0.2) is 53.7 Å². The smallest absolute Gasteiger partial charge is 0.333 e. The molecule has 0 saturated carbocycles. The summed E-state index contributed by atoms with van der Waals surface area (Å²) in [6.45, 7) is 3.67. The molecule has 1 aliphatic rings. The zero-order valence-electron chi connectivity index (χ0n) is 14.5. The van der Waals surface area contributed by atoms with Gasteiger partial charge in [0.05, 0.1) is 24.1 Å². The van der Waals surface area contributed by atoms with Crippen molar-refractivity contribution >= 4 is 22.7 Å². The van der Waals surface area contributed by atoms with Crippen LogP contribution in [0.25, 0.3) is 10.8 Å². The number of esters is 1. The van der Waals surface area contributed by atoms with Crippen molar-refractivity contribution in [2.24, 2.45) is 5.92 Å². The highest BCUT2D eigenvalue weighted by Crippen LogP contribution is 2.42. The number of fused-ring (bicyclic) bond motifs is 1. The van der Waals surface area contributed by atoms with E-state index in [1.54, 1.807) is 6.92 Å². The van der Waals surface area contributed by atoms with E-state index < -0.39 is 23.4 Å². The standard InChI is InChI=1S/C20H21NO4/c1-12-15(18(22)23)11-17(19(24)25-3)20(2,21-12)16-10-6-8-13-7-4-5-9-14(13)16/h4-10,17,21H,11H2,1-3H3,(H,22,23). The summed E-state index contributed by atoms with van der Waals surface area (Å²) < 4.78 is 4.99. The van der Waals surface area contributed by atoms with Crippen molar-refractivity contribution in [1.29, 1.82) is 0 Å². The molecule has 0 radical (unpaired) electrons. The number of methoxy groups -OCH3 is 1. The number of aliphatic carboxylic acids is 1. The molecule has 2 N–H and O–H groups in total. The van der Waals surface area contributed by atoms with Gasteiger partial charge in [-0.25, -0.2) is 4.79 Å². The lowest BCUT2D eigenvalue weighted by atomic mass is 9.72. The van der Waals surface area contributed by atoms with Gasteiger partial charge in [-0.1, -0.05) is 42.5 Å². The monoisotopic (exact) mass is 339 g/mol. The van der Waals surface area contributed by atoms with Gasteiger partial charge < -0.3 is 15.2 Å². The first kappa shape index (κ1) is 17.0. The molecule has 2 atom stereocenters. The summed E-state index contributed by atoms with van der Waals surface area (Å²) in [6, 6.07) is 13.9. The van der Waals surface area contributed by atoms with Gasteiger partial charge in [-0.05, 0) is 36.6 Å². The number of hydrogen-bond donors (Lipinski definition) is 2. The molecule has 25 heavy (non-hydrogen) atoms. The van der Waals surface area contributed by atoms with Crippen molar-refractivity contribution in [3.63, 3.8) is 0 Å². The molecule has 130 valence electrons. The van der Waals surface area contributed by atoms with Crippen LogP contribution >= 0.6 is 0 Å². The first-order valence-electron chi connectivity index (χ1n) is 8.15. The van der Waals surface area contributed by atoms with Gasteiger partial charge in [0.15, 0.2) is 0 Å². The van der Waals surface area contributed by atoms with E-state index in [9.17, 15) is 14.7 Å². The van der Waals surface area contributed by atoms with Crippen LogP contribution in [0.1, 0.15) is 25.8 Å². The summed E-state index contributed by atoms with van der Waals surface area (Å²) in [5, 5.41) is 14.8. The van der Waals surface area contributed by atoms with Gasteiger partial charge in [-0.15, -0.1) is 0 Å². The van der Waals surface area contributed by atoms with Crippen LogP contribution in [0.3, 0.4) is 0 Å². The molecule has 0 fully saturated rings. The largest absolute Gasteiger partial charge is 0.478 e. The minimum atomic E-state index is -1.01. The van der Waals surface area contributed by atoms with Gasteiger partial charge in [-0.3, -0.25) is 4.79 Å². The summed E-state index contributed by atoms with van der Waals surface area (Å²) in [4.78, 5) is 24.0. The van der Waals surface area contributed by atoms with E-state index in [0.717, 1.165) is 16.3 Å². The van der Waals surface area contributed by atoms with Gasteiger partial charge in [0.25, 0.3) is 0 Å². The summed E-state index contributed by atoms with van der Waals surface area (Å²) >= 11 is 0. The minimum absolute atomic E-state index is 0.126. The maximum absolute atomic E-state index is 12.5. The molecule has 2 unspecified atom stereocenters. The molecule has 2 aromatic carbocycles. The highest BCUT2D eigenvalue weighted by Gasteiger charge is 2.46. The summed E-state index contributed by atoms with van der Waals surface area (Å²) in [5.41, 5.74) is 0.970. The number of hydrogen-bond acceptors (Lipinski definition) is 4. The fraction of sp³-hybridized carbons (Fsp3) is 0.300. The number of ether oxygens (including phenoxy) is 1. The van der Waals surface area contributed by atoms with E-state index in [-0.39, 0.29) is 12.0 Å². The minimum Gasteiger partial charge on any atom is -0.478 e. The first-order valence-corrected chi connectivity index (χ1v) is 8.15. The van der Waals surface area contributed by atoms with E-state index in [0.29, 0.717) is 5.70 Å². The quantitative estimate of drug-likeness (QED) is 0.840.